The molecule has 1 N–H and O–H groups in total. The van der Waals surface area contributed by atoms with Crippen molar-refractivity contribution < 1.29 is 4.74 Å². The second-order valence-electron chi connectivity index (χ2n) is 5.90. The van der Waals surface area contributed by atoms with Crippen molar-refractivity contribution in [2.45, 2.75) is 50.7 Å². The molecule has 0 radical (unpaired) electrons. The summed E-state index contributed by atoms with van der Waals surface area (Å²) in [7, 11) is 0. The topological polar surface area (TPSA) is 21.3 Å². The molecule has 2 nitrogen and oxygen atoms in total. The van der Waals surface area contributed by atoms with E-state index in [1.54, 1.807) is 0 Å². The van der Waals surface area contributed by atoms with Gasteiger partial charge in [0.2, 0.25) is 0 Å². The van der Waals surface area contributed by atoms with Gasteiger partial charge >= 0.3 is 0 Å². The maximum Gasteiger partial charge on any atom is 0.0894 e. The first kappa shape index (κ1) is 12.2. The predicted octanol–water partition coefficient (Wildman–Crippen LogP) is 2.70. The zero-order valence-electron chi connectivity index (χ0n) is 11.5. The number of hydrogen-bond donors (Lipinski definition) is 1. The van der Waals surface area contributed by atoms with E-state index in [1.165, 1.54) is 11.1 Å². The van der Waals surface area contributed by atoms with E-state index >= 15 is 0 Å². The smallest absolute Gasteiger partial charge is 0.0894 e. The molecule has 1 aromatic carbocycles. The zero-order valence-corrected chi connectivity index (χ0v) is 11.5. The number of morpholine rings is 1. The molecule has 2 heteroatoms. The van der Waals surface area contributed by atoms with E-state index in [-0.39, 0.29) is 11.2 Å². The van der Waals surface area contributed by atoms with Crippen molar-refractivity contribution in [2.75, 3.05) is 13.1 Å². The fourth-order valence-corrected chi connectivity index (χ4v) is 3.55. The Morgan fingerprint density at radius 3 is 2.22 bits per heavy atom. The van der Waals surface area contributed by atoms with E-state index in [0.717, 1.165) is 38.8 Å². The van der Waals surface area contributed by atoms with Crippen LogP contribution in [0.15, 0.2) is 24.3 Å². The summed E-state index contributed by atoms with van der Waals surface area (Å²) in [5.74, 6) is 0. The molecule has 1 aromatic rings. The lowest BCUT2D eigenvalue weighted by atomic mass is 9.89. The van der Waals surface area contributed by atoms with Gasteiger partial charge in [0.25, 0.3) is 0 Å². The van der Waals surface area contributed by atoms with Crippen LogP contribution in [-0.2, 0) is 17.6 Å². The lowest BCUT2D eigenvalue weighted by Crippen LogP contribution is -2.60. The molecule has 18 heavy (non-hydrogen) atoms. The molecular formula is C16H23NO. The SMILES string of the molecule is CCC1(CC)CNCC2(Cc3ccccc3C2)O1. The van der Waals surface area contributed by atoms with Crippen LogP contribution in [0.4, 0.5) is 0 Å². The summed E-state index contributed by atoms with van der Waals surface area (Å²) < 4.78 is 6.64. The Kier molecular flexibility index (Phi) is 2.95. The fraction of sp³-hybridized carbons (Fsp3) is 0.625. The third-order valence-corrected chi connectivity index (χ3v) is 4.76. The van der Waals surface area contributed by atoms with Crippen LogP contribution in [0.5, 0.6) is 0 Å². The van der Waals surface area contributed by atoms with Gasteiger partial charge in [0.15, 0.2) is 0 Å². The highest BCUT2D eigenvalue weighted by Crippen LogP contribution is 2.39. The van der Waals surface area contributed by atoms with Gasteiger partial charge in [0.05, 0.1) is 11.2 Å². The van der Waals surface area contributed by atoms with Crippen LogP contribution in [0.3, 0.4) is 0 Å². The van der Waals surface area contributed by atoms with Crippen molar-refractivity contribution in [3.8, 4) is 0 Å². The minimum Gasteiger partial charge on any atom is -0.365 e. The van der Waals surface area contributed by atoms with Gasteiger partial charge in [0, 0.05) is 25.9 Å². The molecule has 1 aliphatic heterocycles. The first-order chi connectivity index (χ1) is 8.71. The van der Waals surface area contributed by atoms with E-state index in [0.29, 0.717) is 0 Å². The Balaban J connectivity index is 1.86. The van der Waals surface area contributed by atoms with Gasteiger partial charge in [-0.1, -0.05) is 38.1 Å². The Morgan fingerprint density at radius 2 is 1.67 bits per heavy atom. The van der Waals surface area contributed by atoms with Crippen molar-refractivity contribution in [3.05, 3.63) is 35.4 Å². The number of hydrogen-bond acceptors (Lipinski definition) is 2. The molecule has 1 saturated heterocycles. The molecule has 1 spiro atoms. The molecule has 2 aliphatic rings. The zero-order chi connectivity index (χ0) is 12.6. The summed E-state index contributed by atoms with van der Waals surface area (Å²) in [6, 6.07) is 8.78. The van der Waals surface area contributed by atoms with Crippen molar-refractivity contribution >= 4 is 0 Å². The van der Waals surface area contributed by atoms with Gasteiger partial charge in [-0.05, 0) is 24.0 Å². The summed E-state index contributed by atoms with van der Waals surface area (Å²) >= 11 is 0. The maximum absolute atomic E-state index is 6.64. The summed E-state index contributed by atoms with van der Waals surface area (Å²) in [5.41, 5.74) is 3.00. The standard InChI is InChI=1S/C16H23NO/c1-3-15(4-2)11-17-12-16(18-15)9-13-7-5-6-8-14(13)10-16/h5-8,17H,3-4,9-12H2,1-2H3. The normalized spacial score (nSPS) is 24.1. The van der Waals surface area contributed by atoms with Gasteiger partial charge in [-0.15, -0.1) is 0 Å². The highest BCUT2D eigenvalue weighted by Gasteiger charge is 2.46. The second kappa shape index (κ2) is 4.36. The van der Waals surface area contributed by atoms with Crippen molar-refractivity contribution in [3.63, 3.8) is 0 Å². The van der Waals surface area contributed by atoms with Gasteiger partial charge in [-0.2, -0.15) is 0 Å². The molecular weight excluding hydrogens is 222 g/mol. The first-order valence-corrected chi connectivity index (χ1v) is 7.19. The van der Waals surface area contributed by atoms with Gasteiger partial charge in [0.1, 0.15) is 0 Å². The Bertz CT molecular complexity index is 411. The van der Waals surface area contributed by atoms with Crippen molar-refractivity contribution in [1.29, 1.82) is 0 Å². The Morgan fingerprint density at radius 1 is 1.06 bits per heavy atom. The molecule has 0 aromatic heterocycles. The van der Waals surface area contributed by atoms with Crippen molar-refractivity contribution in [1.82, 2.24) is 5.32 Å². The van der Waals surface area contributed by atoms with Gasteiger partial charge in [-0.25, -0.2) is 0 Å². The first-order valence-electron chi connectivity index (χ1n) is 7.19. The molecule has 0 bridgehead atoms. The number of benzene rings is 1. The lowest BCUT2D eigenvalue weighted by molar-refractivity contribution is -0.176. The van der Waals surface area contributed by atoms with E-state index in [9.17, 15) is 0 Å². The van der Waals surface area contributed by atoms with Crippen LogP contribution in [0.1, 0.15) is 37.8 Å². The number of rotatable bonds is 2. The van der Waals surface area contributed by atoms with Crippen LogP contribution in [0.2, 0.25) is 0 Å². The number of fused-ring (bicyclic) bond motifs is 1. The van der Waals surface area contributed by atoms with Gasteiger partial charge < -0.3 is 10.1 Å². The van der Waals surface area contributed by atoms with E-state index < -0.39 is 0 Å². The fourth-order valence-electron chi connectivity index (χ4n) is 3.55. The monoisotopic (exact) mass is 245 g/mol. The summed E-state index contributed by atoms with van der Waals surface area (Å²) in [6.45, 7) is 6.47. The van der Waals surface area contributed by atoms with Crippen LogP contribution in [-0.4, -0.2) is 24.3 Å². The Labute approximate surface area is 110 Å². The molecule has 3 rings (SSSR count). The molecule has 0 saturated carbocycles. The average Bonchev–Trinajstić information content (AvgIpc) is 2.75. The maximum atomic E-state index is 6.64. The van der Waals surface area contributed by atoms with E-state index in [4.69, 9.17) is 4.74 Å². The third kappa shape index (κ3) is 1.88. The largest absolute Gasteiger partial charge is 0.365 e. The summed E-state index contributed by atoms with van der Waals surface area (Å²) in [5, 5.41) is 3.62. The quantitative estimate of drug-likeness (QED) is 0.865. The second-order valence-corrected chi connectivity index (χ2v) is 5.90. The van der Waals surface area contributed by atoms with Crippen molar-refractivity contribution in [2.24, 2.45) is 0 Å². The minimum atomic E-state index is 0.00789. The molecule has 0 amide bonds. The summed E-state index contributed by atoms with van der Waals surface area (Å²) in [6.07, 6.45) is 4.32. The third-order valence-electron chi connectivity index (χ3n) is 4.76. The lowest BCUT2D eigenvalue weighted by Gasteiger charge is -2.47. The van der Waals surface area contributed by atoms with E-state index in [1.807, 2.05) is 0 Å². The molecule has 98 valence electrons. The Hall–Kier alpha value is -0.860. The molecule has 1 aliphatic carbocycles. The molecule has 1 fully saturated rings. The highest BCUT2D eigenvalue weighted by molar-refractivity contribution is 5.36. The van der Waals surface area contributed by atoms with Crippen LogP contribution >= 0.6 is 0 Å². The molecule has 1 heterocycles. The minimum absolute atomic E-state index is 0.00789. The average molecular weight is 245 g/mol. The predicted molar refractivity (Wildman–Crippen MR) is 73.8 cm³/mol. The number of nitrogens with one attached hydrogen (secondary N) is 1. The highest BCUT2D eigenvalue weighted by atomic mass is 16.5. The molecule has 0 unspecified atom stereocenters. The van der Waals surface area contributed by atoms with Crippen LogP contribution in [0.25, 0.3) is 0 Å². The molecule has 0 atom stereocenters. The van der Waals surface area contributed by atoms with Crippen LogP contribution in [0, 0.1) is 0 Å². The van der Waals surface area contributed by atoms with Gasteiger partial charge in [-0.3, -0.25) is 0 Å². The van der Waals surface area contributed by atoms with Crippen LogP contribution < -0.4 is 5.32 Å². The summed E-state index contributed by atoms with van der Waals surface area (Å²) in [4.78, 5) is 0. The number of ether oxygens (including phenoxy) is 1. The van der Waals surface area contributed by atoms with E-state index in [2.05, 4.69) is 43.4 Å².